The topological polar surface area (TPSA) is 43.4 Å². The van der Waals surface area contributed by atoms with Gasteiger partial charge in [-0.1, -0.05) is 12.1 Å². The van der Waals surface area contributed by atoms with Gasteiger partial charge in [-0.3, -0.25) is 0 Å². The summed E-state index contributed by atoms with van der Waals surface area (Å²) in [6.45, 7) is 0.0826. The summed E-state index contributed by atoms with van der Waals surface area (Å²) < 4.78 is 66.1. The number of sulfone groups is 1. The van der Waals surface area contributed by atoms with Crippen LogP contribution in [0.1, 0.15) is 5.56 Å². The second-order valence-corrected chi connectivity index (χ2v) is 7.09. The Hall–Kier alpha value is -1.54. The summed E-state index contributed by atoms with van der Waals surface area (Å²) in [5.41, 5.74) is 0.587. The van der Waals surface area contributed by atoms with Gasteiger partial charge in [-0.2, -0.15) is 8.78 Å². The van der Waals surface area contributed by atoms with E-state index in [0.29, 0.717) is 15.8 Å². The first-order valence-electron chi connectivity index (χ1n) is 5.99. The molecule has 2 aromatic carbocycles. The van der Waals surface area contributed by atoms with Crippen LogP contribution in [-0.4, -0.2) is 14.2 Å². The summed E-state index contributed by atoms with van der Waals surface area (Å²) in [5.74, 6) is -3.46. The standard InChI is InChI=1S/C14H10BrF3O3S/c15-12-7-10(16)3-6-13(12)21-8-9-1-4-11(5-2-9)22(19,20)14(17)18/h1-7,14H,8H2. The zero-order chi connectivity index (χ0) is 16.3. The SMILES string of the molecule is O=S(=O)(c1ccc(COc2ccc(F)cc2Br)cc1)C(F)F. The zero-order valence-electron chi connectivity index (χ0n) is 11.0. The maximum Gasteiger partial charge on any atom is 0.341 e. The third-order valence-electron chi connectivity index (χ3n) is 2.77. The lowest BCUT2D eigenvalue weighted by atomic mass is 10.2. The summed E-state index contributed by atoms with van der Waals surface area (Å²) in [4.78, 5) is -0.450. The number of rotatable bonds is 5. The lowest BCUT2D eigenvalue weighted by molar-refractivity contribution is 0.234. The average molecular weight is 395 g/mol. The summed E-state index contributed by atoms with van der Waals surface area (Å²) in [5, 5.41) is 0. The Balaban J connectivity index is 2.09. The van der Waals surface area contributed by atoms with Crippen LogP contribution in [0.3, 0.4) is 0 Å². The number of hydrogen-bond acceptors (Lipinski definition) is 3. The maximum absolute atomic E-state index is 12.9. The van der Waals surface area contributed by atoms with Gasteiger partial charge in [0.05, 0.1) is 9.37 Å². The third kappa shape index (κ3) is 3.80. The van der Waals surface area contributed by atoms with Gasteiger partial charge in [-0.15, -0.1) is 0 Å². The zero-order valence-corrected chi connectivity index (χ0v) is 13.4. The van der Waals surface area contributed by atoms with Gasteiger partial charge < -0.3 is 4.74 Å². The molecule has 0 saturated heterocycles. The van der Waals surface area contributed by atoms with Crippen LogP contribution < -0.4 is 4.74 Å². The Bertz CT molecular complexity index is 761. The predicted octanol–water partition coefficient (Wildman–Crippen LogP) is 4.16. The van der Waals surface area contributed by atoms with Gasteiger partial charge in [0, 0.05) is 0 Å². The highest BCUT2D eigenvalue weighted by atomic mass is 79.9. The van der Waals surface area contributed by atoms with Crippen LogP contribution in [0.25, 0.3) is 0 Å². The minimum Gasteiger partial charge on any atom is -0.488 e. The van der Waals surface area contributed by atoms with E-state index in [1.165, 1.54) is 30.3 Å². The number of hydrogen-bond donors (Lipinski definition) is 0. The van der Waals surface area contributed by atoms with E-state index in [1.54, 1.807) is 0 Å². The summed E-state index contributed by atoms with van der Waals surface area (Å²) in [6, 6.07) is 8.88. The second-order valence-electron chi connectivity index (χ2n) is 4.31. The molecule has 0 fully saturated rings. The molecule has 0 aliphatic heterocycles. The van der Waals surface area contributed by atoms with Crippen LogP contribution >= 0.6 is 15.9 Å². The molecule has 0 radical (unpaired) electrons. The van der Waals surface area contributed by atoms with E-state index < -0.39 is 26.3 Å². The molecule has 0 heterocycles. The van der Waals surface area contributed by atoms with Crippen molar-refractivity contribution in [2.45, 2.75) is 17.3 Å². The fraction of sp³-hybridized carbons (Fsp3) is 0.143. The van der Waals surface area contributed by atoms with Crippen molar-refractivity contribution in [3.8, 4) is 5.75 Å². The van der Waals surface area contributed by atoms with Gasteiger partial charge in [-0.25, -0.2) is 12.8 Å². The molecule has 0 aliphatic carbocycles. The van der Waals surface area contributed by atoms with Gasteiger partial charge in [0.1, 0.15) is 18.2 Å². The van der Waals surface area contributed by atoms with Gasteiger partial charge in [0.15, 0.2) is 0 Å². The van der Waals surface area contributed by atoms with E-state index in [4.69, 9.17) is 4.74 Å². The molecule has 22 heavy (non-hydrogen) atoms. The molecule has 0 aromatic heterocycles. The van der Waals surface area contributed by atoms with Crippen molar-refractivity contribution < 1.29 is 26.3 Å². The van der Waals surface area contributed by atoms with E-state index in [-0.39, 0.29) is 6.61 Å². The molecular formula is C14H10BrF3O3S. The molecule has 2 aromatic rings. The van der Waals surface area contributed by atoms with Crippen molar-refractivity contribution in [3.05, 3.63) is 58.3 Å². The molecule has 118 valence electrons. The van der Waals surface area contributed by atoms with Crippen LogP contribution in [0, 0.1) is 5.82 Å². The van der Waals surface area contributed by atoms with E-state index in [2.05, 4.69) is 15.9 Å². The summed E-state index contributed by atoms with van der Waals surface area (Å²) in [7, 11) is -4.60. The van der Waals surface area contributed by atoms with E-state index in [1.807, 2.05) is 0 Å². The molecule has 0 unspecified atom stereocenters. The molecule has 0 bridgehead atoms. The monoisotopic (exact) mass is 394 g/mol. The van der Waals surface area contributed by atoms with E-state index in [0.717, 1.165) is 12.1 Å². The van der Waals surface area contributed by atoms with Crippen molar-refractivity contribution in [2.75, 3.05) is 0 Å². The minimum absolute atomic E-state index is 0.0826. The average Bonchev–Trinajstić information content (AvgIpc) is 2.46. The van der Waals surface area contributed by atoms with Crippen molar-refractivity contribution in [2.24, 2.45) is 0 Å². The highest BCUT2D eigenvalue weighted by Gasteiger charge is 2.26. The van der Waals surface area contributed by atoms with Gasteiger partial charge in [-0.05, 0) is 51.8 Å². The van der Waals surface area contributed by atoms with Crippen LogP contribution in [0.5, 0.6) is 5.75 Å². The fourth-order valence-electron chi connectivity index (χ4n) is 1.63. The highest BCUT2D eigenvalue weighted by molar-refractivity contribution is 9.10. The van der Waals surface area contributed by atoms with Gasteiger partial charge in [0.2, 0.25) is 9.84 Å². The first-order chi connectivity index (χ1) is 10.3. The molecule has 0 N–H and O–H groups in total. The molecule has 8 heteroatoms. The number of alkyl halides is 2. The highest BCUT2D eigenvalue weighted by Crippen LogP contribution is 2.26. The largest absolute Gasteiger partial charge is 0.488 e. The summed E-state index contributed by atoms with van der Waals surface area (Å²) >= 11 is 3.15. The van der Waals surface area contributed by atoms with Crippen molar-refractivity contribution in [1.82, 2.24) is 0 Å². The molecule has 0 saturated carbocycles. The van der Waals surface area contributed by atoms with E-state index in [9.17, 15) is 21.6 Å². The van der Waals surface area contributed by atoms with Gasteiger partial charge in [0.25, 0.3) is 0 Å². The lowest BCUT2D eigenvalue weighted by Crippen LogP contribution is -2.11. The normalized spacial score (nSPS) is 11.7. The van der Waals surface area contributed by atoms with E-state index >= 15 is 0 Å². The number of ether oxygens (including phenoxy) is 1. The summed E-state index contributed by atoms with van der Waals surface area (Å²) in [6.07, 6.45) is 0. The first-order valence-corrected chi connectivity index (χ1v) is 8.33. The Morgan fingerprint density at radius 1 is 1.09 bits per heavy atom. The Labute approximate surface area is 133 Å². The Kier molecular flexibility index (Phi) is 5.12. The molecule has 0 amide bonds. The van der Waals surface area contributed by atoms with Crippen LogP contribution in [-0.2, 0) is 16.4 Å². The molecule has 3 nitrogen and oxygen atoms in total. The van der Waals surface area contributed by atoms with Crippen LogP contribution in [0.4, 0.5) is 13.2 Å². The quantitative estimate of drug-likeness (QED) is 0.764. The first kappa shape index (κ1) is 16.8. The Morgan fingerprint density at radius 3 is 2.27 bits per heavy atom. The predicted molar refractivity (Wildman–Crippen MR) is 78.1 cm³/mol. The van der Waals surface area contributed by atoms with Crippen molar-refractivity contribution in [1.29, 1.82) is 0 Å². The fourth-order valence-corrected chi connectivity index (χ4v) is 2.82. The van der Waals surface area contributed by atoms with Crippen LogP contribution in [0.15, 0.2) is 51.8 Å². The third-order valence-corrected chi connectivity index (χ3v) is 4.79. The smallest absolute Gasteiger partial charge is 0.341 e. The minimum atomic E-state index is -4.60. The molecular weight excluding hydrogens is 385 g/mol. The lowest BCUT2D eigenvalue weighted by Gasteiger charge is -2.09. The Morgan fingerprint density at radius 2 is 1.73 bits per heavy atom. The van der Waals surface area contributed by atoms with Gasteiger partial charge >= 0.3 is 5.76 Å². The molecule has 0 aliphatic rings. The molecule has 0 atom stereocenters. The second kappa shape index (κ2) is 6.70. The number of benzene rings is 2. The number of halogens is 4. The molecule has 0 spiro atoms. The van der Waals surface area contributed by atoms with Crippen molar-refractivity contribution >= 4 is 25.8 Å². The van der Waals surface area contributed by atoms with Crippen molar-refractivity contribution in [3.63, 3.8) is 0 Å². The maximum atomic E-state index is 12.9. The molecule has 2 rings (SSSR count). The van der Waals surface area contributed by atoms with Crippen LogP contribution in [0.2, 0.25) is 0 Å².